The number of anilines is 1. The van der Waals surface area contributed by atoms with Crippen LogP contribution in [0.15, 0.2) is 24.4 Å². The lowest BCUT2D eigenvalue weighted by Crippen LogP contribution is -2.49. The van der Waals surface area contributed by atoms with Crippen molar-refractivity contribution in [1.82, 2.24) is 19.7 Å². The van der Waals surface area contributed by atoms with Crippen LogP contribution in [0.1, 0.15) is 23.0 Å². The first kappa shape index (κ1) is 17.8. The second kappa shape index (κ2) is 7.19. The van der Waals surface area contributed by atoms with Crippen LogP contribution in [0.4, 0.5) is 5.13 Å². The molecule has 0 N–H and O–H groups in total. The van der Waals surface area contributed by atoms with Gasteiger partial charge in [-0.1, -0.05) is 11.3 Å². The van der Waals surface area contributed by atoms with Gasteiger partial charge in [-0.05, 0) is 32.0 Å². The number of hydrogen-bond acceptors (Lipinski definition) is 6. The van der Waals surface area contributed by atoms with Gasteiger partial charge in [0.25, 0.3) is 5.91 Å². The number of nitrogens with zero attached hydrogens (tertiary/aromatic N) is 5. The average molecular weight is 385 g/mol. The number of aromatic nitrogens is 3. The molecular formula is C19H23N5O2S. The summed E-state index contributed by atoms with van der Waals surface area (Å²) in [7, 11) is 1.84. The molecule has 1 aliphatic heterocycles. The van der Waals surface area contributed by atoms with Gasteiger partial charge in [0.2, 0.25) is 0 Å². The van der Waals surface area contributed by atoms with Crippen LogP contribution in [0.5, 0.6) is 5.75 Å². The molecule has 27 heavy (non-hydrogen) atoms. The summed E-state index contributed by atoms with van der Waals surface area (Å²) in [5, 5.41) is 5.30. The number of thiazole rings is 1. The highest BCUT2D eigenvalue weighted by Gasteiger charge is 2.26. The highest BCUT2D eigenvalue weighted by Crippen LogP contribution is 2.32. The van der Waals surface area contributed by atoms with E-state index < -0.39 is 0 Å². The van der Waals surface area contributed by atoms with E-state index in [0.717, 1.165) is 39.8 Å². The molecule has 0 radical (unpaired) electrons. The topological polar surface area (TPSA) is 63.5 Å². The lowest BCUT2D eigenvalue weighted by molar-refractivity contribution is 0.0739. The predicted octanol–water partition coefficient (Wildman–Crippen LogP) is 2.70. The molecule has 2 aromatic heterocycles. The molecule has 8 heteroatoms. The van der Waals surface area contributed by atoms with Gasteiger partial charge < -0.3 is 14.5 Å². The Kier molecular flexibility index (Phi) is 4.73. The lowest BCUT2D eigenvalue weighted by atomic mass is 10.2. The molecule has 0 aliphatic carbocycles. The van der Waals surface area contributed by atoms with E-state index in [2.05, 4.69) is 10.00 Å². The quantitative estimate of drug-likeness (QED) is 0.691. The molecule has 4 rings (SSSR count). The zero-order valence-corrected chi connectivity index (χ0v) is 16.6. The first-order valence-corrected chi connectivity index (χ1v) is 9.94. The van der Waals surface area contributed by atoms with Crippen LogP contribution >= 0.6 is 11.3 Å². The molecule has 1 amide bonds. The number of aryl methyl sites for hydroxylation is 2. The zero-order chi connectivity index (χ0) is 19.0. The van der Waals surface area contributed by atoms with Crippen molar-refractivity contribution in [1.29, 1.82) is 0 Å². The second-order valence-corrected chi connectivity index (χ2v) is 7.68. The van der Waals surface area contributed by atoms with Crippen LogP contribution in [0.2, 0.25) is 0 Å². The van der Waals surface area contributed by atoms with Crippen molar-refractivity contribution in [3.05, 3.63) is 35.7 Å². The van der Waals surface area contributed by atoms with Crippen molar-refractivity contribution in [2.45, 2.75) is 13.8 Å². The maximum absolute atomic E-state index is 12.7. The second-order valence-electron chi connectivity index (χ2n) is 6.67. The van der Waals surface area contributed by atoms with Crippen molar-refractivity contribution in [3.8, 4) is 5.75 Å². The van der Waals surface area contributed by atoms with E-state index in [1.54, 1.807) is 16.0 Å². The molecule has 1 aromatic carbocycles. The van der Waals surface area contributed by atoms with Gasteiger partial charge in [0.1, 0.15) is 5.75 Å². The summed E-state index contributed by atoms with van der Waals surface area (Å²) in [6.45, 7) is 7.46. The number of piperazine rings is 1. The Balaban J connectivity index is 1.45. The summed E-state index contributed by atoms with van der Waals surface area (Å²) in [6, 6.07) is 6.01. The third-order valence-corrected chi connectivity index (χ3v) is 5.79. The third-order valence-electron chi connectivity index (χ3n) is 4.71. The van der Waals surface area contributed by atoms with Crippen LogP contribution in [-0.2, 0) is 7.05 Å². The van der Waals surface area contributed by atoms with Crippen LogP contribution in [0, 0.1) is 6.92 Å². The molecule has 3 heterocycles. The first-order valence-electron chi connectivity index (χ1n) is 9.13. The van der Waals surface area contributed by atoms with Crippen LogP contribution < -0.4 is 9.64 Å². The number of fused-ring (bicyclic) bond motifs is 1. The molecule has 0 saturated carbocycles. The maximum atomic E-state index is 12.7. The average Bonchev–Trinajstić information content (AvgIpc) is 3.23. The minimum Gasteiger partial charge on any atom is -0.494 e. The molecule has 7 nitrogen and oxygen atoms in total. The molecule has 0 bridgehead atoms. The Morgan fingerprint density at radius 2 is 2.04 bits per heavy atom. The smallest absolute Gasteiger partial charge is 0.274 e. The number of ether oxygens (including phenoxy) is 1. The Hall–Kier alpha value is -2.61. The van der Waals surface area contributed by atoms with E-state index in [0.29, 0.717) is 25.4 Å². The molecule has 3 aromatic rings. The summed E-state index contributed by atoms with van der Waals surface area (Å²) in [5.74, 6) is 0.889. The number of benzene rings is 1. The summed E-state index contributed by atoms with van der Waals surface area (Å²) in [4.78, 5) is 21.6. The molecule has 1 aliphatic rings. The standard InChI is InChI=1S/C19H23N5O2S/c1-4-26-14-5-6-15-16(11-14)27-19(20-15)24-9-7-23(8-10-24)18(25)17-13(2)12-22(3)21-17/h5-6,11-12H,4,7-10H2,1-3H3. The van der Waals surface area contributed by atoms with Crippen molar-refractivity contribution in [3.63, 3.8) is 0 Å². The van der Waals surface area contributed by atoms with Gasteiger partial charge >= 0.3 is 0 Å². The molecule has 1 saturated heterocycles. The van der Waals surface area contributed by atoms with Crippen LogP contribution in [0.25, 0.3) is 10.2 Å². The van der Waals surface area contributed by atoms with Gasteiger partial charge in [0.15, 0.2) is 10.8 Å². The number of hydrogen-bond donors (Lipinski definition) is 0. The highest BCUT2D eigenvalue weighted by molar-refractivity contribution is 7.22. The van der Waals surface area contributed by atoms with Gasteiger partial charge in [0, 0.05) is 45.0 Å². The predicted molar refractivity (Wildman–Crippen MR) is 107 cm³/mol. The van der Waals surface area contributed by atoms with Gasteiger partial charge in [0.05, 0.1) is 16.8 Å². The minimum absolute atomic E-state index is 0.0124. The van der Waals surface area contributed by atoms with Gasteiger partial charge in [-0.2, -0.15) is 5.10 Å². The molecule has 0 atom stereocenters. The lowest BCUT2D eigenvalue weighted by Gasteiger charge is -2.34. The van der Waals surface area contributed by atoms with Crippen molar-refractivity contribution in [2.75, 3.05) is 37.7 Å². The molecule has 0 unspecified atom stereocenters. The van der Waals surface area contributed by atoms with E-state index in [1.807, 2.05) is 50.2 Å². The summed E-state index contributed by atoms with van der Waals surface area (Å²) in [5.41, 5.74) is 2.46. The Bertz CT molecular complexity index is 972. The fraction of sp³-hybridized carbons (Fsp3) is 0.421. The van der Waals surface area contributed by atoms with Crippen LogP contribution in [0.3, 0.4) is 0 Å². The Labute approximate surface area is 162 Å². The molecule has 1 fully saturated rings. The fourth-order valence-electron chi connectivity index (χ4n) is 3.35. The van der Waals surface area contributed by atoms with E-state index >= 15 is 0 Å². The van der Waals surface area contributed by atoms with E-state index in [9.17, 15) is 4.79 Å². The molecule has 142 valence electrons. The number of rotatable bonds is 4. The van der Waals surface area contributed by atoms with E-state index in [4.69, 9.17) is 9.72 Å². The molecule has 0 spiro atoms. The van der Waals surface area contributed by atoms with Crippen molar-refractivity contribution in [2.24, 2.45) is 7.05 Å². The first-order chi connectivity index (χ1) is 13.0. The van der Waals surface area contributed by atoms with Crippen molar-refractivity contribution < 1.29 is 9.53 Å². The van der Waals surface area contributed by atoms with Gasteiger partial charge in [-0.15, -0.1) is 0 Å². The monoisotopic (exact) mass is 385 g/mol. The van der Waals surface area contributed by atoms with Crippen LogP contribution in [-0.4, -0.2) is 58.4 Å². The normalized spacial score (nSPS) is 14.8. The van der Waals surface area contributed by atoms with Crippen molar-refractivity contribution >= 4 is 32.6 Å². The van der Waals surface area contributed by atoms with E-state index in [-0.39, 0.29) is 5.91 Å². The Morgan fingerprint density at radius 1 is 1.26 bits per heavy atom. The summed E-state index contributed by atoms with van der Waals surface area (Å²) >= 11 is 1.67. The van der Waals surface area contributed by atoms with Gasteiger partial charge in [-0.3, -0.25) is 9.48 Å². The number of amides is 1. The number of carbonyl (C=O) groups is 1. The van der Waals surface area contributed by atoms with E-state index in [1.165, 1.54) is 0 Å². The Morgan fingerprint density at radius 3 is 2.70 bits per heavy atom. The molecular weight excluding hydrogens is 362 g/mol. The minimum atomic E-state index is 0.0124. The highest BCUT2D eigenvalue weighted by atomic mass is 32.1. The maximum Gasteiger partial charge on any atom is 0.274 e. The largest absolute Gasteiger partial charge is 0.494 e. The number of carbonyl (C=O) groups excluding carboxylic acids is 1. The summed E-state index contributed by atoms with van der Waals surface area (Å²) in [6.07, 6.45) is 1.88. The SMILES string of the molecule is CCOc1ccc2nc(N3CCN(C(=O)c4nn(C)cc4C)CC3)sc2c1. The summed E-state index contributed by atoms with van der Waals surface area (Å²) < 4.78 is 8.39. The zero-order valence-electron chi connectivity index (χ0n) is 15.8. The third kappa shape index (κ3) is 3.49. The van der Waals surface area contributed by atoms with Gasteiger partial charge in [-0.25, -0.2) is 4.98 Å². The fourth-order valence-corrected chi connectivity index (χ4v) is 4.40.